The van der Waals surface area contributed by atoms with E-state index < -0.39 is 61.5 Å². The van der Waals surface area contributed by atoms with Crippen molar-refractivity contribution in [2.24, 2.45) is 5.92 Å². The molecule has 1 aromatic heterocycles. The monoisotopic (exact) mass is 672 g/mol. The van der Waals surface area contributed by atoms with Crippen molar-refractivity contribution in [1.82, 2.24) is 10.3 Å². The Balaban J connectivity index is 1.40. The van der Waals surface area contributed by atoms with Crippen LogP contribution in [0.15, 0.2) is 53.6 Å². The number of rotatable bonds is 6. The lowest BCUT2D eigenvalue weighted by Gasteiger charge is -2.42. The number of pyridine rings is 1. The van der Waals surface area contributed by atoms with E-state index in [2.05, 4.69) is 10.3 Å². The van der Waals surface area contributed by atoms with Crippen molar-refractivity contribution in [3.05, 3.63) is 87.7 Å². The lowest BCUT2D eigenvalue weighted by atomic mass is 9.70. The molecule has 1 unspecified atom stereocenters. The molecule has 1 aliphatic carbocycles. The average molecular weight is 673 g/mol. The van der Waals surface area contributed by atoms with Gasteiger partial charge in [0.05, 0.1) is 45.0 Å². The van der Waals surface area contributed by atoms with E-state index in [-0.39, 0.29) is 39.3 Å². The Morgan fingerprint density at radius 1 is 1.11 bits per heavy atom. The highest BCUT2D eigenvalue weighted by Crippen LogP contribution is 2.59. The second-order valence-electron chi connectivity index (χ2n) is 11.3. The van der Waals surface area contributed by atoms with Crippen LogP contribution in [0.2, 0.25) is 5.02 Å². The number of anilines is 1. The summed E-state index contributed by atoms with van der Waals surface area (Å²) in [6, 6.07) is 6.94. The first-order valence-electron chi connectivity index (χ1n) is 13.7. The lowest BCUT2D eigenvalue weighted by Crippen LogP contribution is -2.51. The van der Waals surface area contributed by atoms with E-state index in [9.17, 15) is 30.8 Å². The fourth-order valence-electron chi connectivity index (χ4n) is 6.32. The molecule has 1 spiro atoms. The summed E-state index contributed by atoms with van der Waals surface area (Å²) in [5.74, 6) is -1.46. The summed E-state index contributed by atoms with van der Waals surface area (Å²) in [5, 5.41) is 2.14. The third kappa shape index (κ3) is 5.38. The molecule has 1 amide bonds. The van der Waals surface area contributed by atoms with Crippen LogP contribution in [0, 0.1) is 22.3 Å². The normalized spacial score (nSPS) is 23.5. The fourth-order valence-corrected chi connectivity index (χ4v) is 9.77. The van der Waals surface area contributed by atoms with Gasteiger partial charge in [0.1, 0.15) is 11.6 Å². The van der Waals surface area contributed by atoms with Crippen LogP contribution in [-0.2, 0) is 38.9 Å². The summed E-state index contributed by atoms with van der Waals surface area (Å²) in [6.07, 6.45) is -1.59. The maximum Gasteiger partial charge on any atom is 0.417 e. The second-order valence-corrected chi connectivity index (χ2v) is 15.3. The molecule has 1 saturated carbocycles. The molecule has 2 aliphatic heterocycles. The number of halogens is 6. The number of hydrogen-bond donors (Lipinski definition) is 2. The van der Waals surface area contributed by atoms with E-state index >= 15 is 4.39 Å². The minimum absolute atomic E-state index is 0.0172. The summed E-state index contributed by atoms with van der Waals surface area (Å²) in [7, 11) is -4.90. The molecule has 0 radical (unpaired) electrons. The van der Waals surface area contributed by atoms with Crippen LogP contribution < -0.4 is 9.62 Å². The van der Waals surface area contributed by atoms with Crippen molar-refractivity contribution in [3.8, 4) is 0 Å². The van der Waals surface area contributed by atoms with Crippen molar-refractivity contribution in [1.29, 1.82) is 4.78 Å². The molecule has 3 aliphatic rings. The molecule has 44 heavy (non-hydrogen) atoms. The Hall–Kier alpha value is -3.10. The van der Waals surface area contributed by atoms with E-state index in [0.717, 1.165) is 31.0 Å². The summed E-state index contributed by atoms with van der Waals surface area (Å²) in [4.78, 5) is 16.8. The number of sulfonamides is 1. The van der Waals surface area contributed by atoms with Gasteiger partial charge in [0.2, 0.25) is 0 Å². The molecular formula is C29H26ClF5N4O3S2. The zero-order valence-corrected chi connectivity index (χ0v) is 25.3. The number of carbonyl (C=O) groups excluding carboxylic acids is 1. The van der Waals surface area contributed by atoms with Crippen molar-refractivity contribution < 1.29 is 35.2 Å². The molecule has 1 saturated heterocycles. The maximum absolute atomic E-state index is 15.7. The number of nitrogens with zero attached hydrogens (tertiary/aromatic N) is 2. The quantitative estimate of drug-likeness (QED) is 0.298. The number of nitrogens with one attached hydrogen (secondary N) is 2. The van der Waals surface area contributed by atoms with Crippen LogP contribution in [0.3, 0.4) is 0 Å². The molecule has 1 atom stereocenters. The molecule has 3 aromatic rings. The average Bonchev–Trinajstić information content (AvgIpc) is 3.77. The zero-order valence-electron chi connectivity index (χ0n) is 22.9. The van der Waals surface area contributed by atoms with Crippen molar-refractivity contribution >= 4 is 43.9 Å². The highest BCUT2D eigenvalue weighted by Gasteiger charge is 2.60. The molecule has 3 heterocycles. The van der Waals surface area contributed by atoms with E-state index in [1.54, 1.807) is 0 Å². The van der Waals surface area contributed by atoms with Crippen molar-refractivity contribution in [2.75, 3.05) is 15.8 Å². The smallest absolute Gasteiger partial charge is 0.346 e. The van der Waals surface area contributed by atoms with Gasteiger partial charge < -0.3 is 5.32 Å². The van der Waals surface area contributed by atoms with Gasteiger partial charge in [-0.3, -0.25) is 18.9 Å². The molecule has 15 heteroatoms. The van der Waals surface area contributed by atoms with Crippen LogP contribution in [0.4, 0.5) is 27.6 Å². The number of benzene rings is 2. The zero-order chi connectivity index (χ0) is 31.6. The van der Waals surface area contributed by atoms with E-state index in [1.807, 2.05) is 0 Å². The first-order chi connectivity index (χ1) is 20.7. The minimum Gasteiger partial charge on any atom is -0.346 e. The van der Waals surface area contributed by atoms with Crippen LogP contribution >= 0.6 is 11.6 Å². The predicted molar refractivity (Wildman–Crippen MR) is 155 cm³/mol. The van der Waals surface area contributed by atoms with E-state index in [0.29, 0.717) is 42.2 Å². The summed E-state index contributed by atoms with van der Waals surface area (Å²) in [5.41, 5.74) is -1.63. The molecule has 0 bridgehead atoms. The van der Waals surface area contributed by atoms with Gasteiger partial charge in [-0.1, -0.05) is 11.6 Å². The maximum atomic E-state index is 15.7. The van der Waals surface area contributed by atoms with Gasteiger partial charge in [-0.25, -0.2) is 17.2 Å². The van der Waals surface area contributed by atoms with Crippen LogP contribution in [-0.4, -0.2) is 36.9 Å². The molecule has 2 N–H and O–H groups in total. The molecule has 7 nitrogen and oxygen atoms in total. The molecule has 2 aromatic carbocycles. The van der Waals surface area contributed by atoms with Crippen molar-refractivity contribution in [2.45, 2.75) is 54.8 Å². The van der Waals surface area contributed by atoms with Crippen LogP contribution in [0.25, 0.3) is 0 Å². The van der Waals surface area contributed by atoms with Gasteiger partial charge in [0.15, 0.2) is 0 Å². The first-order valence-corrected chi connectivity index (χ1v) is 17.1. The van der Waals surface area contributed by atoms with Gasteiger partial charge in [0.25, 0.3) is 15.9 Å². The minimum atomic E-state index is -4.65. The number of amides is 1. The molecular weight excluding hydrogens is 647 g/mol. The predicted octanol–water partition coefficient (Wildman–Crippen LogP) is 6.36. The van der Waals surface area contributed by atoms with E-state index in [1.165, 1.54) is 22.5 Å². The highest BCUT2D eigenvalue weighted by atomic mass is 35.5. The third-order valence-electron chi connectivity index (χ3n) is 8.61. The third-order valence-corrected chi connectivity index (χ3v) is 12.1. The fraction of sp³-hybridized carbons (Fsp3) is 0.379. The van der Waals surface area contributed by atoms with Crippen LogP contribution in [0.1, 0.15) is 52.9 Å². The van der Waals surface area contributed by atoms with Gasteiger partial charge in [-0.05, 0) is 79.6 Å². The lowest BCUT2D eigenvalue weighted by molar-refractivity contribution is -0.137. The van der Waals surface area contributed by atoms with Crippen molar-refractivity contribution in [3.63, 3.8) is 0 Å². The molecule has 234 valence electrons. The highest BCUT2D eigenvalue weighted by molar-refractivity contribution is 7.93. The second kappa shape index (κ2) is 11.1. The summed E-state index contributed by atoms with van der Waals surface area (Å²) >= 11 is 5.97. The van der Waals surface area contributed by atoms with Gasteiger partial charge in [-0.2, -0.15) is 13.2 Å². The number of aromatic nitrogens is 1. The standard InChI is InChI=1S/C29H26ClF5N4O3S2/c30-22-11-17(29(33,34)35)14-37-24(22)15-38-27(40)20-12-21-25(13-23(20)32)39(44(41,42)19-5-3-18(31)4-6-19)26(16-1-2-16)28(21)7-9-43(36)10-8-28/h3-6,11-14,16,26,36H,1-2,7-10,15H2,(H,38,40). The SMILES string of the molecule is N=S1CCC2(CC1)c1cc(C(=O)NCc3ncc(C(F)(F)F)cc3Cl)c(F)cc1N(S(=O)(=O)c1ccc(F)cc1)C2C1CC1. The Morgan fingerprint density at radius 2 is 1.77 bits per heavy atom. The number of hydrogen-bond acceptors (Lipinski definition) is 5. The number of carbonyl (C=O) groups is 1. The summed E-state index contributed by atoms with van der Waals surface area (Å²) < 4.78 is 106. The molecule has 2 fully saturated rings. The van der Waals surface area contributed by atoms with Crippen LogP contribution in [0.5, 0.6) is 0 Å². The Labute approximate surface area is 257 Å². The number of fused-ring (bicyclic) bond motifs is 2. The first kappa shape index (κ1) is 30.9. The Bertz CT molecular complexity index is 1770. The summed E-state index contributed by atoms with van der Waals surface area (Å²) in [6.45, 7) is -0.380. The number of alkyl halides is 3. The van der Waals surface area contributed by atoms with Gasteiger partial charge in [0, 0.05) is 23.1 Å². The van der Waals surface area contributed by atoms with Gasteiger partial charge >= 0.3 is 6.18 Å². The molecule has 6 rings (SSSR count). The van der Waals surface area contributed by atoms with E-state index in [4.69, 9.17) is 16.4 Å². The van der Waals surface area contributed by atoms with Gasteiger partial charge in [-0.15, -0.1) is 10.7 Å². The Morgan fingerprint density at radius 3 is 2.36 bits per heavy atom. The Kier molecular flexibility index (Phi) is 7.77. The largest absolute Gasteiger partial charge is 0.417 e. The topological polar surface area (TPSA) is 103 Å².